The molecule has 1 aliphatic rings. The van der Waals surface area contributed by atoms with Crippen molar-refractivity contribution in [3.63, 3.8) is 0 Å². The second-order valence-corrected chi connectivity index (χ2v) is 6.90. The number of amides is 1. The third-order valence-electron chi connectivity index (χ3n) is 5.26. The number of nitrogens with zero attached hydrogens (tertiary/aromatic N) is 7. The molecule has 0 bridgehead atoms. The molecule has 1 fully saturated rings. The lowest BCUT2D eigenvalue weighted by Gasteiger charge is -2.32. The Bertz CT molecular complexity index is 981. The minimum Gasteiger partial charge on any atom is -0.341 e. The highest BCUT2D eigenvalue weighted by Crippen LogP contribution is 2.21. The zero-order valence-corrected chi connectivity index (χ0v) is 15.4. The van der Waals surface area contributed by atoms with E-state index in [-0.39, 0.29) is 18.1 Å². The van der Waals surface area contributed by atoms with Gasteiger partial charge in [-0.25, -0.2) is 19.4 Å². The molecule has 0 atom stereocenters. The largest absolute Gasteiger partial charge is 0.341 e. The fourth-order valence-corrected chi connectivity index (χ4v) is 3.79. The van der Waals surface area contributed by atoms with Gasteiger partial charge in [0.25, 0.3) is 0 Å². The summed E-state index contributed by atoms with van der Waals surface area (Å²) < 4.78 is 5.09. The Morgan fingerprint density at radius 3 is 2.78 bits per heavy atom. The van der Waals surface area contributed by atoms with Crippen molar-refractivity contribution in [2.24, 2.45) is 5.92 Å². The first-order valence-corrected chi connectivity index (χ1v) is 9.31. The average molecular weight is 369 g/mol. The van der Waals surface area contributed by atoms with Gasteiger partial charge in [0, 0.05) is 32.4 Å². The first kappa shape index (κ1) is 17.4. The van der Waals surface area contributed by atoms with Crippen molar-refractivity contribution < 1.29 is 4.79 Å². The van der Waals surface area contributed by atoms with E-state index in [0.717, 1.165) is 24.0 Å². The van der Waals surface area contributed by atoms with Crippen LogP contribution in [-0.4, -0.2) is 52.8 Å². The van der Waals surface area contributed by atoms with E-state index in [0.29, 0.717) is 32.1 Å². The van der Waals surface area contributed by atoms with Gasteiger partial charge < -0.3 is 4.90 Å². The molecule has 142 valence electrons. The quantitative estimate of drug-likeness (QED) is 0.662. The standard InChI is InChI=1S/C18H23N7O2/c1-2-24-15-4-3-7-20-17(15)25(18(24)27)10-14-5-8-22(9-6-14)16(26)11-23-13-19-12-21-23/h3-4,7,12-14H,2,5-6,8-11H2,1H3. The molecular weight excluding hydrogens is 346 g/mol. The highest BCUT2D eigenvalue weighted by Gasteiger charge is 2.25. The smallest absolute Gasteiger partial charge is 0.330 e. The Morgan fingerprint density at radius 1 is 1.26 bits per heavy atom. The molecule has 4 rings (SSSR count). The molecule has 0 aliphatic carbocycles. The van der Waals surface area contributed by atoms with Crippen molar-refractivity contribution in [1.29, 1.82) is 0 Å². The molecule has 0 aromatic carbocycles. The van der Waals surface area contributed by atoms with Crippen molar-refractivity contribution in [3.8, 4) is 0 Å². The van der Waals surface area contributed by atoms with E-state index in [1.165, 1.54) is 6.33 Å². The number of hydrogen-bond donors (Lipinski definition) is 0. The van der Waals surface area contributed by atoms with Crippen LogP contribution in [0.25, 0.3) is 11.2 Å². The average Bonchev–Trinajstić information content (AvgIpc) is 3.29. The summed E-state index contributed by atoms with van der Waals surface area (Å²) >= 11 is 0. The van der Waals surface area contributed by atoms with E-state index in [4.69, 9.17) is 0 Å². The van der Waals surface area contributed by atoms with Gasteiger partial charge in [-0.3, -0.25) is 13.9 Å². The van der Waals surface area contributed by atoms with Gasteiger partial charge in [-0.1, -0.05) is 0 Å². The fraction of sp³-hybridized carbons (Fsp3) is 0.500. The van der Waals surface area contributed by atoms with Crippen molar-refractivity contribution >= 4 is 17.1 Å². The van der Waals surface area contributed by atoms with Crippen molar-refractivity contribution in [1.82, 2.24) is 33.8 Å². The molecule has 1 aliphatic heterocycles. The fourth-order valence-electron chi connectivity index (χ4n) is 3.79. The molecule has 0 radical (unpaired) electrons. The van der Waals surface area contributed by atoms with Gasteiger partial charge in [0.05, 0.1) is 5.52 Å². The zero-order chi connectivity index (χ0) is 18.8. The number of rotatable bonds is 5. The Kier molecular flexibility index (Phi) is 4.74. The second kappa shape index (κ2) is 7.34. The van der Waals surface area contributed by atoms with Gasteiger partial charge in [-0.05, 0) is 37.8 Å². The molecule has 27 heavy (non-hydrogen) atoms. The maximum atomic E-state index is 12.7. The number of pyridine rings is 1. The lowest BCUT2D eigenvalue weighted by atomic mass is 9.96. The van der Waals surface area contributed by atoms with Gasteiger partial charge >= 0.3 is 5.69 Å². The van der Waals surface area contributed by atoms with E-state index >= 15 is 0 Å². The summed E-state index contributed by atoms with van der Waals surface area (Å²) in [5.41, 5.74) is 1.62. The summed E-state index contributed by atoms with van der Waals surface area (Å²) in [5, 5.41) is 3.98. The van der Waals surface area contributed by atoms with Crippen LogP contribution in [0.4, 0.5) is 0 Å². The van der Waals surface area contributed by atoms with Crippen LogP contribution in [0.1, 0.15) is 19.8 Å². The Balaban J connectivity index is 1.43. The van der Waals surface area contributed by atoms with Crippen LogP contribution >= 0.6 is 0 Å². The number of fused-ring (bicyclic) bond motifs is 1. The summed E-state index contributed by atoms with van der Waals surface area (Å²) in [5.74, 6) is 0.413. The number of aryl methyl sites for hydroxylation is 1. The number of piperidine rings is 1. The summed E-state index contributed by atoms with van der Waals surface area (Å²) in [6, 6.07) is 3.80. The molecule has 0 N–H and O–H groups in total. The molecule has 0 saturated carbocycles. The molecule has 1 amide bonds. The van der Waals surface area contributed by atoms with Crippen LogP contribution in [0.2, 0.25) is 0 Å². The van der Waals surface area contributed by atoms with Crippen LogP contribution < -0.4 is 5.69 Å². The van der Waals surface area contributed by atoms with E-state index in [9.17, 15) is 9.59 Å². The topological polar surface area (TPSA) is 90.8 Å². The van der Waals surface area contributed by atoms with E-state index < -0.39 is 0 Å². The Morgan fingerprint density at radius 2 is 2.07 bits per heavy atom. The molecule has 3 aromatic rings. The highest BCUT2D eigenvalue weighted by molar-refractivity contribution is 5.76. The molecule has 0 spiro atoms. The molecular formula is C18H23N7O2. The van der Waals surface area contributed by atoms with Crippen molar-refractivity contribution in [2.75, 3.05) is 13.1 Å². The van der Waals surface area contributed by atoms with Crippen LogP contribution in [0, 0.1) is 5.92 Å². The summed E-state index contributed by atoms with van der Waals surface area (Å²) in [6.45, 7) is 4.86. The van der Waals surface area contributed by atoms with Crippen molar-refractivity contribution in [2.45, 2.75) is 39.4 Å². The van der Waals surface area contributed by atoms with Gasteiger partial charge in [0.15, 0.2) is 5.65 Å². The predicted molar refractivity (Wildman–Crippen MR) is 99.0 cm³/mol. The minimum absolute atomic E-state index is 0.00381. The summed E-state index contributed by atoms with van der Waals surface area (Å²) in [4.78, 5) is 35.3. The molecule has 0 unspecified atom stereocenters. The molecule has 1 saturated heterocycles. The van der Waals surface area contributed by atoms with Crippen LogP contribution in [-0.2, 0) is 24.4 Å². The summed E-state index contributed by atoms with van der Waals surface area (Å²) in [6.07, 6.45) is 6.46. The van der Waals surface area contributed by atoms with Crippen LogP contribution in [0.5, 0.6) is 0 Å². The van der Waals surface area contributed by atoms with Crippen molar-refractivity contribution in [3.05, 3.63) is 41.5 Å². The number of imidazole rings is 1. The first-order chi connectivity index (χ1) is 13.2. The van der Waals surface area contributed by atoms with Gasteiger partial charge in [0.1, 0.15) is 19.2 Å². The van der Waals surface area contributed by atoms with Gasteiger partial charge in [0.2, 0.25) is 5.91 Å². The third-order valence-corrected chi connectivity index (χ3v) is 5.26. The number of carbonyl (C=O) groups is 1. The highest BCUT2D eigenvalue weighted by atomic mass is 16.2. The Hall–Kier alpha value is -2.97. The molecule has 3 aromatic heterocycles. The zero-order valence-electron chi connectivity index (χ0n) is 15.4. The lowest BCUT2D eigenvalue weighted by molar-refractivity contribution is -0.133. The van der Waals surface area contributed by atoms with E-state index in [2.05, 4.69) is 15.1 Å². The minimum atomic E-state index is -0.00381. The molecule has 4 heterocycles. The number of likely N-dealkylation sites (tertiary alicyclic amines) is 1. The maximum Gasteiger partial charge on any atom is 0.330 e. The first-order valence-electron chi connectivity index (χ1n) is 9.31. The molecule has 9 heteroatoms. The number of hydrogen-bond acceptors (Lipinski definition) is 5. The van der Waals surface area contributed by atoms with Gasteiger partial charge in [-0.15, -0.1) is 0 Å². The third kappa shape index (κ3) is 3.36. The van der Waals surface area contributed by atoms with Crippen LogP contribution in [0.15, 0.2) is 35.8 Å². The normalized spacial score (nSPS) is 15.5. The molecule has 9 nitrogen and oxygen atoms in total. The van der Waals surface area contributed by atoms with Gasteiger partial charge in [-0.2, -0.15) is 5.10 Å². The Labute approximate surface area is 156 Å². The number of aromatic nitrogens is 6. The monoisotopic (exact) mass is 369 g/mol. The SMILES string of the molecule is CCn1c(=O)n(CC2CCN(C(=O)Cn3cncn3)CC2)c2ncccc21. The predicted octanol–water partition coefficient (Wildman–Crippen LogP) is 0.748. The maximum absolute atomic E-state index is 12.7. The summed E-state index contributed by atoms with van der Waals surface area (Å²) in [7, 11) is 0. The van der Waals surface area contributed by atoms with Crippen LogP contribution in [0.3, 0.4) is 0 Å². The van der Waals surface area contributed by atoms with E-state index in [1.54, 1.807) is 26.3 Å². The second-order valence-electron chi connectivity index (χ2n) is 6.90. The lowest BCUT2D eigenvalue weighted by Crippen LogP contribution is -2.41. The van der Waals surface area contributed by atoms with E-state index in [1.807, 2.05) is 24.0 Å². The number of carbonyl (C=O) groups excluding carboxylic acids is 1.